The molecule has 156 valence electrons. The first-order chi connectivity index (χ1) is 15.1. The first-order valence-corrected chi connectivity index (χ1v) is 10.9. The fourth-order valence-electron chi connectivity index (χ4n) is 3.87. The molecule has 2 N–H and O–H groups in total. The summed E-state index contributed by atoms with van der Waals surface area (Å²) in [5.74, 6) is -0.538. The van der Waals surface area contributed by atoms with Crippen molar-refractivity contribution in [1.82, 2.24) is 4.98 Å². The van der Waals surface area contributed by atoms with Gasteiger partial charge in [-0.15, -0.1) is 0 Å². The first-order valence-electron chi connectivity index (χ1n) is 9.80. The van der Waals surface area contributed by atoms with Gasteiger partial charge in [0.15, 0.2) is 0 Å². The number of rotatable bonds is 7. The number of aromatic nitrogens is 1. The van der Waals surface area contributed by atoms with Gasteiger partial charge in [-0.3, -0.25) is 14.9 Å². The third-order valence-electron chi connectivity index (χ3n) is 5.21. The Labute approximate surface area is 187 Å². The van der Waals surface area contributed by atoms with Gasteiger partial charge in [0.25, 0.3) is 0 Å². The molecule has 0 saturated carbocycles. The van der Waals surface area contributed by atoms with Crippen LogP contribution in [-0.2, 0) is 4.79 Å². The van der Waals surface area contributed by atoms with Crippen LogP contribution in [0.4, 0.5) is 5.69 Å². The number of para-hydroxylation sites is 1. The molecule has 1 unspecified atom stereocenters. The topological polar surface area (TPSA) is 88.0 Å². The van der Waals surface area contributed by atoms with Crippen LogP contribution < -0.4 is 5.32 Å². The quantitative estimate of drug-likeness (QED) is 0.207. The molecule has 31 heavy (non-hydrogen) atoms. The Morgan fingerprint density at radius 1 is 1.00 bits per heavy atom. The van der Waals surface area contributed by atoms with Crippen molar-refractivity contribution in [2.75, 3.05) is 17.2 Å². The third-order valence-corrected chi connectivity index (χ3v) is 5.72. The monoisotopic (exact) mass is 477 g/mol. The number of hydrogen-bond donors (Lipinski definition) is 2. The molecular weight excluding hydrogens is 458 g/mol. The van der Waals surface area contributed by atoms with Gasteiger partial charge in [0.1, 0.15) is 0 Å². The standard InChI is InChI=1S/C24H20BrN3O3/c25-14-22(29)26-18-12-10-17(11-13-18)24-23(19-8-4-5-9-21(19)27-24)20(15-28(30)31)16-6-2-1-3-7-16/h1-13,20,27H,14-15H2,(H,26,29). The van der Waals surface area contributed by atoms with E-state index in [-0.39, 0.29) is 22.7 Å². The molecule has 3 aromatic carbocycles. The van der Waals surface area contributed by atoms with Crippen LogP contribution in [0.1, 0.15) is 17.0 Å². The molecule has 0 saturated heterocycles. The summed E-state index contributed by atoms with van der Waals surface area (Å²) in [4.78, 5) is 26.4. The van der Waals surface area contributed by atoms with Crippen LogP contribution in [0, 0.1) is 10.1 Å². The average molecular weight is 478 g/mol. The Bertz CT molecular complexity index is 1220. The molecule has 0 aliphatic carbocycles. The van der Waals surface area contributed by atoms with E-state index < -0.39 is 5.92 Å². The largest absolute Gasteiger partial charge is 0.354 e. The van der Waals surface area contributed by atoms with Crippen LogP contribution in [0.15, 0.2) is 78.9 Å². The molecule has 0 aliphatic heterocycles. The lowest BCUT2D eigenvalue weighted by Crippen LogP contribution is -2.14. The van der Waals surface area contributed by atoms with E-state index in [0.29, 0.717) is 5.69 Å². The molecule has 0 radical (unpaired) electrons. The highest BCUT2D eigenvalue weighted by Gasteiger charge is 2.27. The van der Waals surface area contributed by atoms with E-state index in [9.17, 15) is 14.9 Å². The maximum atomic E-state index is 11.6. The molecule has 6 nitrogen and oxygen atoms in total. The number of alkyl halides is 1. The predicted octanol–water partition coefficient (Wildman–Crippen LogP) is 5.58. The maximum absolute atomic E-state index is 11.6. The Morgan fingerprint density at radius 2 is 1.68 bits per heavy atom. The van der Waals surface area contributed by atoms with E-state index in [1.807, 2.05) is 78.9 Å². The Balaban J connectivity index is 1.86. The fraction of sp³-hybridized carbons (Fsp3) is 0.125. The average Bonchev–Trinajstić information content (AvgIpc) is 3.17. The molecular formula is C24H20BrN3O3. The minimum atomic E-state index is -0.407. The lowest BCUT2D eigenvalue weighted by Gasteiger charge is -2.16. The predicted molar refractivity (Wildman–Crippen MR) is 126 cm³/mol. The van der Waals surface area contributed by atoms with Crippen molar-refractivity contribution < 1.29 is 9.72 Å². The molecule has 4 rings (SSSR count). The number of aromatic amines is 1. The van der Waals surface area contributed by atoms with Gasteiger partial charge in [-0.05, 0) is 34.9 Å². The highest BCUT2D eigenvalue weighted by Crippen LogP contribution is 2.39. The summed E-state index contributed by atoms with van der Waals surface area (Å²) in [6.45, 7) is -0.210. The molecule has 1 heterocycles. The number of nitrogens with zero attached hydrogens (tertiary/aromatic N) is 1. The van der Waals surface area contributed by atoms with Crippen molar-refractivity contribution >= 4 is 38.4 Å². The zero-order valence-electron chi connectivity index (χ0n) is 16.5. The van der Waals surface area contributed by atoms with E-state index in [1.165, 1.54) is 0 Å². The lowest BCUT2D eigenvalue weighted by atomic mass is 9.87. The molecule has 1 atom stereocenters. The molecule has 1 amide bonds. The van der Waals surface area contributed by atoms with Crippen molar-refractivity contribution in [3.8, 4) is 11.3 Å². The van der Waals surface area contributed by atoms with Gasteiger partial charge in [0.05, 0.1) is 16.9 Å². The van der Waals surface area contributed by atoms with Gasteiger partial charge in [-0.1, -0.05) is 76.6 Å². The maximum Gasteiger partial charge on any atom is 0.235 e. The van der Waals surface area contributed by atoms with Crippen molar-refractivity contribution in [1.29, 1.82) is 0 Å². The summed E-state index contributed by atoms with van der Waals surface area (Å²) in [5, 5.41) is 15.6. The van der Waals surface area contributed by atoms with Gasteiger partial charge in [0, 0.05) is 21.5 Å². The van der Waals surface area contributed by atoms with Gasteiger partial charge < -0.3 is 10.3 Å². The number of carbonyl (C=O) groups excluding carboxylic acids is 1. The number of benzene rings is 3. The van der Waals surface area contributed by atoms with Gasteiger partial charge in [0.2, 0.25) is 12.5 Å². The highest BCUT2D eigenvalue weighted by molar-refractivity contribution is 9.09. The van der Waals surface area contributed by atoms with Crippen LogP contribution in [-0.4, -0.2) is 27.7 Å². The summed E-state index contributed by atoms with van der Waals surface area (Å²) in [6.07, 6.45) is 0. The number of nitrogens with one attached hydrogen (secondary N) is 2. The molecule has 4 aromatic rings. The summed E-state index contributed by atoms with van der Waals surface area (Å²) in [7, 11) is 0. The van der Waals surface area contributed by atoms with Crippen LogP contribution >= 0.6 is 15.9 Å². The zero-order valence-corrected chi connectivity index (χ0v) is 18.1. The van der Waals surface area contributed by atoms with Crippen LogP contribution in [0.3, 0.4) is 0 Å². The number of H-pyrrole nitrogens is 1. The van der Waals surface area contributed by atoms with E-state index in [2.05, 4.69) is 26.2 Å². The van der Waals surface area contributed by atoms with Crippen molar-refractivity contribution in [3.63, 3.8) is 0 Å². The Kier molecular flexibility index (Phi) is 6.13. The summed E-state index contributed by atoms with van der Waals surface area (Å²) in [6, 6.07) is 24.9. The van der Waals surface area contributed by atoms with Gasteiger partial charge in [-0.25, -0.2) is 0 Å². The molecule has 0 bridgehead atoms. The second-order valence-electron chi connectivity index (χ2n) is 7.20. The summed E-state index contributed by atoms with van der Waals surface area (Å²) >= 11 is 3.14. The molecule has 0 aliphatic rings. The molecule has 7 heteroatoms. The lowest BCUT2D eigenvalue weighted by molar-refractivity contribution is -0.481. The van der Waals surface area contributed by atoms with Crippen molar-refractivity contribution in [2.24, 2.45) is 0 Å². The van der Waals surface area contributed by atoms with E-state index in [0.717, 1.165) is 33.3 Å². The second kappa shape index (κ2) is 9.14. The zero-order chi connectivity index (χ0) is 21.8. The SMILES string of the molecule is O=C(CBr)Nc1ccc(-c2[nH]c3ccccc3c2C(C[N+](=O)[O-])c2ccccc2)cc1. The minimum Gasteiger partial charge on any atom is -0.354 e. The summed E-state index contributed by atoms with van der Waals surface area (Å²) in [5.41, 5.74) is 5.15. The smallest absolute Gasteiger partial charge is 0.235 e. The number of anilines is 1. The van der Waals surface area contributed by atoms with E-state index in [1.54, 1.807) is 0 Å². The molecule has 0 fully saturated rings. The van der Waals surface area contributed by atoms with Crippen LogP contribution in [0.25, 0.3) is 22.2 Å². The van der Waals surface area contributed by atoms with E-state index >= 15 is 0 Å². The Morgan fingerprint density at radius 3 is 2.35 bits per heavy atom. The minimum absolute atomic E-state index is 0.130. The van der Waals surface area contributed by atoms with Gasteiger partial charge in [-0.2, -0.15) is 0 Å². The second-order valence-corrected chi connectivity index (χ2v) is 7.76. The van der Waals surface area contributed by atoms with Crippen LogP contribution in [0.5, 0.6) is 0 Å². The molecule has 0 spiro atoms. The Hall–Kier alpha value is -3.45. The van der Waals surface area contributed by atoms with Gasteiger partial charge >= 0.3 is 0 Å². The van der Waals surface area contributed by atoms with Crippen molar-refractivity contribution in [2.45, 2.75) is 5.92 Å². The summed E-state index contributed by atoms with van der Waals surface area (Å²) < 4.78 is 0. The van der Waals surface area contributed by atoms with Crippen LogP contribution in [0.2, 0.25) is 0 Å². The highest BCUT2D eigenvalue weighted by atomic mass is 79.9. The number of carbonyl (C=O) groups is 1. The number of nitro groups is 1. The molecule has 1 aromatic heterocycles. The first kappa shape index (κ1) is 20.8. The third kappa shape index (κ3) is 4.51. The number of fused-ring (bicyclic) bond motifs is 1. The fourth-order valence-corrected chi connectivity index (χ4v) is 4.01. The van der Waals surface area contributed by atoms with E-state index in [4.69, 9.17) is 0 Å². The number of halogens is 1. The number of hydrogen-bond acceptors (Lipinski definition) is 3. The van der Waals surface area contributed by atoms with Crippen molar-refractivity contribution in [3.05, 3.63) is 100 Å². The number of amides is 1. The normalized spacial score (nSPS) is 11.9.